The number of nitrogens with zero attached hydrogens (tertiary/aromatic N) is 3. The maximum absolute atomic E-state index is 10.7. The van der Waals surface area contributed by atoms with Gasteiger partial charge in [0.2, 0.25) is 0 Å². The molecule has 1 unspecified atom stereocenters. The molecule has 6 heteroatoms. The Labute approximate surface area is 91.7 Å². The lowest BCUT2D eigenvalue weighted by atomic mass is 10.1. The first-order valence-electron chi connectivity index (χ1n) is 4.87. The second-order valence-electron chi connectivity index (χ2n) is 3.62. The standard InChI is InChI=1S/C10H12N4O2/c1-6-12-13-9-7(3-2-4-14(6)9)5-8(11)10(15)16/h2-4,8H,5,11H2,1H3,(H,15,16). The van der Waals surface area contributed by atoms with Gasteiger partial charge in [0.25, 0.3) is 0 Å². The van der Waals surface area contributed by atoms with E-state index >= 15 is 0 Å². The van der Waals surface area contributed by atoms with E-state index < -0.39 is 12.0 Å². The average Bonchev–Trinajstić information content (AvgIpc) is 2.62. The van der Waals surface area contributed by atoms with Gasteiger partial charge in [-0.25, -0.2) is 0 Å². The number of carboxylic acids is 1. The summed E-state index contributed by atoms with van der Waals surface area (Å²) in [6.45, 7) is 1.83. The summed E-state index contributed by atoms with van der Waals surface area (Å²) in [5, 5.41) is 16.7. The molecule has 2 rings (SSSR count). The van der Waals surface area contributed by atoms with E-state index in [0.717, 1.165) is 11.4 Å². The van der Waals surface area contributed by atoms with Crippen molar-refractivity contribution in [2.24, 2.45) is 5.73 Å². The van der Waals surface area contributed by atoms with Crippen molar-refractivity contribution in [3.63, 3.8) is 0 Å². The van der Waals surface area contributed by atoms with Crippen molar-refractivity contribution in [1.82, 2.24) is 14.6 Å². The Bertz CT molecular complexity index is 535. The maximum Gasteiger partial charge on any atom is 0.320 e. The highest BCUT2D eigenvalue weighted by molar-refractivity contribution is 5.74. The monoisotopic (exact) mass is 220 g/mol. The molecule has 0 aromatic carbocycles. The number of aliphatic carboxylic acids is 1. The van der Waals surface area contributed by atoms with Crippen LogP contribution < -0.4 is 5.73 Å². The summed E-state index contributed by atoms with van der Waals surface area (Å²) in [6.07, 6.45) is 2.08. The summed E-state index contributed by atoms with van der Waals surface area (Å²) < 4.78 is 1.81. The molecule has 2 aromatic rings. The van der Waals surface area contributed by atoms with Crippen LogP contribution >= 0.6 is 0 Å². The Morgan fingerprint density at radius 3 is 3.06 bits per heavy atom. The van der Waals surface area contributed by atoms with Crippen molar-refractivity contribution in [2.45, 2.75) is 19.4 Å². The molecule has 0 radical (unpaired) electrons. The van der Waals surface area contributed by atoms with Crippen LogP contribution in [-0.2, 0) is 11.2 Å². The predicted octanol–water partition coefficient (Wildman–Crippen LogP) is -0.00788. The molecular weight excluding hydrogens is 208 g/mol. The summed E-state index contributed by atoms with van der Waals surface area (Å²) in [7, 11) is 0. The maximum atomic E-state index is 10.7. The second kappa shape index (κ2) is 3.90. The Morgan fingerprint density at radius 2 is 2.38 bits per heavy atom. The van der Waals surface area contributed by atoms with Gasteiger partial charge >= 0.3 is 5.97 Å². The zero-order valence-electron chi connectivity index (χ0n) is 8.79. The lowest BCUT2D eigenvalue weighted by Crippen LogP contribution is -2.32. The van der Waals surface area contributed by atoms with Gasteiger partial charge in [-0.3, -0.25) is 9.20 Å². The van der Waals surface area contributed by atoms with E-state index in [1.807, 2.05) is 29.7 Å². The summed E-state index contributed by atoms with van der Waals surface area (Å²) in [6, 6.07) is 2.72. The van der Waals surface area contributed by atoms with E-state index in [9.17, 15) is 4.79 Å². The fourth-order valence-electron chi connectivity index (χ4n) is 1.57. The van der Waals surface area contributed by atoms with Crippen LogP contribution in [0.5, 0.6) is 0 Å². The molecule has 0 bridgehead atoms. The normalized spacial score (nSPS) is 12.9. The fourth-order valence-corrected chi connectivity index (χ4v) is 1.57. The van der Waals surface area contributed by atoms with Gasteiger partial charge in [-0.1, -0.05) is 6.07 Å². The number of hydrogen-bond donors (Lipinski definition) is 2. The van der Waals surface area contributed by atoms with Crippen molar-refractivity contribution in [1.29, 1.82) is 0 Å². The third kappa shape index (κ3) is 1.74. The second-order valence-corrected chi connectivity index (χ2v) is 3.62. The van der Waals surface area contributed by atoms with E-state index in [2.05, 4.69) is 10.2 Å². The number of carboxylic acid groups (broad SMARTS) is 1. The third-order valence-electron chi connectivity index (χ3n) is 2.44. The quantitative estimate of drug-likeness (QED) is 0.758. The largest absolute Gasteiger partial charge is 0.480 e. The zero-order chi connectivity index (χ0) is 11.7. The summed E-state index contributed by atoms with van der Waals surface area (Å²) in [5.74, 6) is -0.251. The van der Waals surface area contributed by atoms with E-state index in [4.69, 9.17) is 10.8 Å². The van der Waals surface area contributed by atoms with Crippen LogP contribution in [0.1, 0.15) is 11.4 Å². The Balaban J connectivity index is 2.41. The number of nitrogens with two attached hydrogens (primary N) is 1. The molecule has 0 saturated heterocycles. The molecule has 6 nitrogen and oxygen atoms in total. The van der Waals surface area contributed by atoms with Crippen LogP contribution in [0.3, 0.4) is 0 Å². The molecule has 0 aliphatic carbocycles. The molecule has 2 heterocycles. The molecule has 0 fully saturated rings. The molecule has 0 aliphatic rings. The minimum absolute atomic E-state index is 0.248. The zero-order valence-corrected chi connectivity index (χ0v) is 8.79. The van der Waals surface area contributed by atoms with Crippen LogP contribution in [0.15, 0.2) is 18.3 Å². The number of rotatable bonds is 3. The molecular formula is C10H12N4O2. The number of aromatic nitrogens is 3. The molecule has 16 heavy (non-hydrogen) atoms. The third-order valence-corrected chi connectivity index (χ3v) is 2.44. The SMILES string of the molecule is Cc1nnc2c(CC(N)C(=O)O)cccn12. The molecule has 84 valence electrons. The van der Waals surface area contributed by atoms with Crippen LogP contribution in [0, 0.1) is 6.92 Å². The smallest absolute Gasteiger partial charge is 0.320 e. The summed E-state index contributed by atoms with van der Waals surface area (Å²) in [4.78, 5) is 10.7. The number of aryl methyl sites for hydroxylation is 1. The Kier molecular flexibility index (Phi) is 2.57. The molecule has 1 atom stereocenters. The van der Waals surface area contributed by atoms with Crippen molar-refractivity contribution in [2.75, 3.05) is 0 Å². The summed E-state index contributed by atoms with van der Waals surface area (Å²) in [5.41, 5.74) is 6.94. The molecule has 0 saturated carbocycles. The van der Waals surface area contributed by atoms with E-state index in [1.54, 1.807) is 0 Å². The topological polar surface area (TPSA) is 93.5 Å². The van der Waals surface area contributed by atoms with Crippen molar-refractivity contribution >= 4 is 11.6 Å². The van der Waals surface area contributed by atoms with Crippen LogP contribution in [0.4, 0.5) is 0 Å². The predicted molar refractivity (Wildman–Crippen MR) is 57.0 cm³/mol. The minimum atomic E-state index is -1.02. The molecule has 2 aromatic heterocycles. The van der Waals surface area contributed by atoms with E-state index in [0.29, 0.717) is 5.65 Å². The van der Waals surface area contributed by atoms with Gasteiger partial charge in [0.05, 0.1) is 0 Å². The molecule has 0 amide bonds. The molecule has 0 spiro atoms. The van der Waals surface area contributed by atoms with Crippen LogP contribution in [-0.4, -0.2) is 31.7 Å². The molecule has 3 N–H and O–H groups in total. The van der Waals surface area contributed by atoms with Gasteiger partial charge < -0.3 is 10.8 Å². The lowest BCUT2D eigenvalue weighted by Gasteiger charge is -2.07. The number of pyridine rings is 1. The van der Waals surface area contributed by atoms with E-state index in [-0.39, 0.29) is 6.42 Å². The minimum Gasteiger partial charge on any atom is -0.480 e. The number of hydrogen-bond acceptors (Lipinski definition) is 4. The molecule has 0 aliphatic heterocycles. The van der Waals surface area contributed by atoms with Gasteiger partial charge in [0.1, 0.15) is 11.9 Å². The first kappa shape index (κ1) is 10.6. The fraction of sp³-hybridized carbons (Fsp3) is 0.300. The first-order chi connectivity index (χ1) is 7.59. The van der Waals surface area contributed by atoms with Gasteiger partial charge in [-0.05, 0) is 18.6 Å². The van der Waals surface area contributed by atoms with Gasteiger partial charge in [-0.2, -0.15) is 0 Å². The number of fused-ring (bicyclic) bond motifs is 1. The number of carbonyl (C=O) groups is 1. The highest BCUT2D eigenvalue weighted by atomic mass is 16.4. The average molecular weight is 220 g/mol. The van der Waals surface area contributed by atoms with Gasteiger partial charge in [0.15, 0.2) is 5.65 Å². The van der Waals surface area contributed by atoms with Crippen LogP contribution in [0.25, 0.3) is 5.65 Å². The Hall–Kier alpha value is -1.95. The summed E-state index contributed by atoms with van der Waals surface area (Å²) >= 11 is 0. The van der Waals surface area contributed by atoms with E-state index in [1.165, 1.54) is 0 Å². The Morgan fingerprint density at radius 1 is 1.62 bits per heavy atom. The van der Waals surface area contributed by atoms with Crippen molar-refractivity contribution in [3.05, 3.63) is 29.7 Å². The highest BCUT2D eigenvalue weighted by Gasteiger charge is 2.15. The van der Waals surface area contributed by atoms with Crippen molar-refractivity contribution in [3.8, 4) is 0 Å². The lowest BCUT2D eigenvalue weighted by molar-refractivity contribution is -0.138. The van der Waals surface area contributed by atoms with Gasteiger partial charge in [0, 0.05) is 12.6 Å². The highest BCUT2D eigenvalue weighted by Crippen LogP contribution is 2.11. The van der Waals surface area contributed by atoms with Gasteiger partial charge in [-0.15, -0.1) is 10.2 Å². The van der Waals surface area contributed by atoms with Crippen LogP contribution in [0.2, 0.25) is 0 Å². The van der Waals surface area contributed by atoms with Crippen molar-refractivity contribution < 1.29 is 9.90 Å². The first-order valence-corrected chi connectivity index (χ1v) is 4.87.